The van der Waals surface area contributed by atoms with E-state index in [9.17, 15) is 14.7 Å². The molecule has 0 bridgehead atoms. The molecular formula is C7H10O4. The van der Waals surface area contributed by atoms with E-state index in [1.165, 1.54) is 0 Å². The highest BCUT2D eigenvalue weighted by Gasteiger charge is 2.37. The largest absolute Gasteiger partial charge is 0.433 e. The molecule has 0 radical (unpaired) electrons. The first-order valence-corrected chi connectivity index (χ1v) is 3.54. The second-order valence-electron chi connectivity index (χ2n) is 2.63. The number of ether oxygens (including phenoxy) is 1. The maximum atomic E-state index is 10.6. The number of aldehydes is 1. The smallest absolute Gasteiger partial charge is 0.308 e. The van der Waals surface area contributed by atoms with Gasteiger partial charge in [0.05, 0.1) is 6.42 Å². The van der Waals surface area contributed by atoms with Crippen molar-refractivity contribution in [3.8, 4) is 0 Å². The van der Waals surface area contributed by atoms with E-state index in [-0.39, 0.29) is 19.3 Å². The van der Waals surface area contributed by atoms with Gasteiger partial charge in [-0.05, 0) is 0 Å². The van der Waals surface area contributed by atoms with Crippen molar-refractivity contribution >= 4 is 12.3 Å². The molecule has 0 aliphatic carbocycles. The molecule has 0 spiro atoms. The molecule has 1 aliphatic heterocycles. The van der Waals surface area contributed by atoms with Gasteiger partial charge in [0.2, 0.25) is 5.79 Å². The molecule has 62 valence electrons. The molecule has 1 heterocycles. The molecule has 11 heavy (non-hydrogen) atoms. The molecule has 4 nitrogen and oxygen atoms in total. The van der Waals surface area contributed by atoms with Crippen LogP contribution in [0.5, 0.6) is 0 Å². The van der Waals surface area contributed by atoms with Gasteiger partial charge in [-0.3, -0.25) is 4.79 Å². The molecule has 1 unspecified atom stereocenters. The van der Waals surface area contributed by atoms with Gasteiger partial charge in [-0.2, -0.15) is 0 Å². The van der Waals surface area contributed by atoms with E-state index in [0.717, 1.165) is 0 Å². The first-order valence-electron chi connectivity index (χ1n) is 3.54. The normalized spacial score (nSPS) is 30.1. The minimum atomic E-state index is -1.36. The Bertz CT molecular complexity index is 177. The molecule has 0 amide bonds. The van der Waals surface area contributed by atoms with E-state index < -0.39 is 11.8 Å². The zero-order valence-corrected chi connectivity index (χ0v) is 6.08. The van der Waals surface area contributed by atoms with E-state index in [1.807, 2.05) is 0 Å². The summed E-state index contributed by atoms with van der Waals surface area (Å²) in [5, 5.41) is 9.39. The van der Waals surface area contributed by atoms with Crippen LogP contribution in [0.25, 0.3) is 0 Å². The molecule has 4 heteroatoms. The van der Waals surface area contributed by atoms with Crippen LogP contribution in [0, 0.1) is 0 Å². The molecule has 0 aromatic heterocycles. The van der Waals surface area contributed by atoms with Crippen LogP contribution in [0.15, 0.2) is 0 Å². The summed E-state index contributed by atoms with van der Waals surface area (Å²) >= 11 is 0. The van der Waals surface area contributed by atoms with Gasteiger partial charge in [-0.25, -0.2) is 0 Å². The van der Waals surface area contributed by atoms with Gasteiger partial charge >= 0.3 is 5.97 Å². The number of esters is 1. The van der Waals surface area contributed by atoms with Crippen LogP contribution in [-0.2, 0) is 14.3 Å². The molecule has 0 aromatic rings. The van der Waals surface area contributed by atoms with Crippen molar-refractivity contribution in [2.45, 2.75) is 31.5 Å². The van der Waals surface area contributed by atoms with E-state index in [1.54, 1.807) is 0 Å². The molecular weight excluding hydrogens is 148 g/mol. The van der Waals surface area contributed by atoms with Gasteiger partial charge in [0, 0.05) is 19.3 Å². The Morgan fingerprint density at radius 1 is 1.73 bits per heavy atom. The Morgan fingerprint density at radius 3 is 2.91 bits per heavy atom. The summed E-state index contributed by atoms with van der Waals surface area (Å²) in [7, 11) is 0. The van der Waals surface area contributed by atoms with Gasteiger partial charge in [-0.1, -0.05) is 0 Å². The molecule has 1 atom stereocenters. The van der Waals surface area contributed by atoms with Gasteiger partial charge in [0.15, 0.2) is 0 Å². The minimum Gasteiger partial charge on any atom is -0.433 e. The third kappa shape index (κ3) is 2.01. The van der Waals surface area contributed by atoms with Crippen LogP contribution >= 0.6 is 0 Å². The van der Waals surface area contributed by atoms with Crippen LogP contribution in [-0.4, -0.2) is 23.1 Å². The summed E-state index contributed by atoms with van der Waals surface area (Å²) < 4.78 is 4.61. The topological polar surface area (TPSA) is 63.6 Å². The fraction of sp³-hybridized carbons (Fsp3) is 0.714. The summed E-state index contributed by atoms with van der Waals surface area (Å²) in [5.41, 5.74) is 0. The van der Waals surface area contributed by atoms with E-state index in [0.29, 0.717) is 12.7 Å². The fourth-order valence-corrected chi connectivity index (χ4v) is 1.07. The van der Waals surface area contributed by atoms with E-state index in [4.69, 9.17) is 0 Å². The Labute approximate surface area is 64.2 Å². The molecule has 0 aromatic carbocycles. The lowest BCUT2D eigenvalue weighted by Crippen LogP contribution is -2.27. The predicted octanol–water partition coefficient (Wildman–Crippen LogP) is -0.00890. The molecule has 1 aliphatic rings. The number of carbonyl (C=O) groups is 2. The van der Waals surface area contributed by atoms with Gasteiger partial charge < -0.3 is 14.6 Å². The quantitative estimate of drug-likeness (QED) is 0.463. The molecule has 0 saturated carbocycles. The van der Waals surface area contributed by atoms with Crippen molar-refractivity contribution in [3.63, 3.8) is 0 Å². The summed E-state index contributed by atoms with van der Waals surface area (Å²) in [6, 6.07) is 0. The maximum absolute atomic E-state index is 10.6. The van der Waals surface area contributed by atoms with Crippen molar-refractivity contribution in [2.75, 3.05) is 0 Å². The van der Waals surface area contributed by atoms with Crippen LogP contribution in [0.1, 0.15) is 25.7 Å². The zero-order chi connectivity index (χ0) is 8.32. The molecule has 1 N–H and O–H groups in total. The Morgan fingerprint density at radius 2 is 2.45 bits per heavy atom. The number of rotatable bonds is 3. The van der Waals surface area contributed by atoms with Crippen LogP contribution in [0.4, 0.5) is 0 Å². The minimum absolute atomic E-state index is 0.211. The third-order valence-corrected chi connectivity index (χ3v) is 1.68. The van der Waals surface area contributed by atoms with Gasteiger partial charge in [0.25, 0.3) is 0 Å². The lowest BCUT2D eigenvalue weighted by molar-refractivity contribution is -0.190. The Balaban J connectivity index is 2.41. The highest BCUT2D eigenvalue weighted by molar-refractivity contribution is 5.71. The van der Waals surface area contributed by atoms with Gasteiger partial charge in [-0.15, -0.1) is 0 Å². The monoisotopic (exact) mass is 158 g/mol. The highest BCUT2D eigenvalue weighted by atomic mass is 16.7. The lowest BCUT2D eigenvalue weighted by atomic mass is 10.1. The predicted molar refractivity (Wildman–Crippen MR) is 35.6 cm³/mol. The SMILES string of the molecule is O=CCCC1(O)CCC(=O)O1. The van der Waals surface area contributed by atoms with Crippen molar-refractivity contribution in [1.82, 2.24) is 0 Å². The van der Waals surface area contributed by atoms with Crippen molar-refractivity contribution in [1.29, 1.82) is 0 Å². The number of carbonyl (C=O) groups excluding carboxylic acids is 2. The van der Waals surface area contributed by atoms with E-state index >= 15 is 0 Å². The standard InChI is InChI=1S/C7H10O4/c8-5-1-3-7(10)4-2-6(9)11-7/h5,10H,1-4H2. The van der Waals surface area contributed by atoms with Crippen LogP contribution < -0.4 is 0 Å². The first kappa shape index (κ1) is 8.20. The number of hydrogen-bond acceptors (Lipinski definition) is 4. The Kier molecular flexibility index (Phi) is 2.24. The number of cyclic esters (lactones) is 1. The third-order valence-electron chi connectivity index (χ3n) is 1.68. The summed E-state index contributed by atoms with van der Waals surface area (Å²) in [5.74, 6) is -1.75. The summed E-state index contributed by atoms with van der Waals surface area (Å²) in [4.78, 5) is 20.5. The van der Waals surface area contributed by atoms with Crippen molar-refractivity contribution in [3.05, 3.63) is 0 Å². The summed E-state index contributed by atoms with van der Waals surface area (Å²) in [6.45, 7) is 0. The zero-order valence-electron chi connectivity index (χ0n) is 6.08. The molecule has 1 fully saturated rings. The second kappa shape index (κ2) is 3.00. The average Bonchev–Trinajstić information content (AvgIpc) is 2.28. The second-order valence-corrected chi connectivity index (χ2v) is 2.63. The van der Waals surface area contributed by atoms with Crippen LogP contribution in [0.3, 0.4) is 0 Å². The van der Waals surface area contributed by atoms with Crippen LogP contribution in [0.2, 0.25) is 0 Å². The molecule has 1 rings (SSSR count). The lowest BCUT2D eigenvalue weighted by Gasteiger charge is -2.18. The first-order chi connectivity index (χ1) is 5.16. The van der Waals surface area contributed by atoms with Gasteiger partial charge in [0.1, 0.15) is 6.29 Å². The summed E-state index contributed by atoms with van der Waals surface area (Å²) in [6.07, 6.45) is 1.69. The average molecular weight is 158 g/mol. The van der Waals surface area contributed by atoms with Crippen molar-refractivity contribution in [2.24, 2.45) is 0 Å². The number of hydrogen-bond donors (Lipinski definition) is 1. The van der Waals surface area contributed by atoms with Crippen molar-refractivity contribution < 1.29 is 19.4 Å². The molecule has 1 saturated heterocycles. The fourth-order valence-electron chi connectivity index (χ4n) is 1.07. The van der Waals surface area contributed by atoms with E-state index in [2.05, 4.69) is 4.74 Å². The Hall–Kier alpha value is -0.900. The maximum Gasteiger partial charge on any atom is 0.308 e. The highest BCUT2D eigenvalue weighted by Crippen LogP contribution is 2.27. The number of aliphatic hydroxyl groups is 1.